The van der Waals surface area contributed by atoms with Gasteiger partial charge < -0.3 is 5.32 Å². The largest absolute Gasteiger partial charge is 0.348 e. The second-order valence-electron chi connectivity index (χ2n) is 4.48. The quantitative estimate of drug-likeness (QED) is 0.804. The van der Waals surface area contributed by atoms with Crippen LogP contribution in [0.3, 0.4) is 0 Å². The number of hydrogen-bond donors (Lipinski definition) is 1. The van der Waals surface area contributed by atoms with Gasteiger partial charge in [-0.15, -0.1) is 0 Å². The van der Waals surface area contributed by atoms with Gasteiger partial charge in [-0.3, -0.25) is 14.8 Å². The Morgan fingerprint density at radius 1 is 1.14 bits per heavy atom. The Morgan fingerprint density at radius 3 is 2.67 bits per heavy atom. The third-order valence-corrected chi connectivity index (χ3v) is 3.73. The van der Waals surface area contributed by atoms with Gasteiger partial charge in [-0.05, 0) is 41.3 Å². The molecule has 0 aliphatic carbocycles. The van der Waals surface area contributed by atoms with E-state index in [0.717, 1.165) is 16.8 Å². The number of hydrogen-bond acceptors (Lipinski definition) is 4. The Bertz CT molecular complexity index is 709. The normalized spacial score (nSPS) is 10.3. The van der Waals surface area contributed by atoms with Gasteiger partial charge in [0.15, 0.2) is 0 Å². The third kappa shape index (κ3) is 3.32. The highest BCUT2D eigenvalue weighted by atomic mass is 32.1. The van der Waals surface area contributed by atoms with Crippen molar-refractivity contribution in [3.63, 3.8) is 0 Å². The number of nitrogens with one attached hydrogen (secondary N) is 1. The summed E-state index contributed by atoms with van der Waals surface area (Å²) in [6.07, 6.45) is 5.02. The van der Waals surface area contributed by atoms with E-state index in [-0.39, 0.29) is 5.91 Å². The van der Waals surface area contributed by atoms with Crippen molar-refractivity contribution in [2.45, 2.75) is 6.54 Å². The van der Waals surface area contributed by atoms with Crippen LogP contribution in [0.25, 0.3) is 11.3 Å². The molecule has 104 valence electrons. The smallest absolute Gasteiger partial charge is 0.253 e. The number of rotatable bonds is 4. The average molecular weight is 295 g/mol. The minimum atomic E-state index is -0.129. The summed E-state index contributed by atoms with van der Waals surface area (Å²) in [6.45, 7) is 0.480. The predicted octanol–water partition coefficient (Wildman–Crippen LogP) is 3.14. The summed E-state index contributed by atoms with van der Waals surface area (Å²) in [6, 6.07) is 9.41. The molecule has 3 aromatic heterocycles. The monoisotopic (exact) mass is 295 g/mol. The van der Waals surface area contributed by atoms with Crippen LogP contribution in [0.5, 0.6) is 0 Å². The maximum atomic E-state index is 12.1. The first kappa shape index (κ1) is 13.5. The number of carbonyl (C=O) groups excluding carboxylic acids is 1. The van der Waals surface area contributed by atoms with Crippen LogP contribution in [0.4, 0.5) is 0 Å². The number of carbonyl (C=O) groups is 1. The first-order chi connectivity index (χ1) is 10.3. The number of pyridine rings is 2. The Kier molecular flexibility index (Phi) is 4.02. The third-order valence-electron chi connectivity index (χ3n) is 3.05. The highest BCUT2D eigenvalue weighted by Crippen LogP contribution is 2.19. The molecule has 5 heteroatoms. The van der Waals surface area contributed by atoms with Crippen molar-refractivity contribution < 1.29 is 4.79 Å². The molecule has 0 fully saturated rings. The van der Waals surface area contributed by atoms with Crippen LogP contribution in [0.1, 0.15) is 15.9 Å². The van der Waals surface area contributed by atoms with Crippen LogP contribution in [0.15, 0.2) is 59.7 Å². The lowest BCUT2D eigenvalue weighted by molar-refractivity contribution is 0.0950. The summed E-state index contributed by atoms with van der Waals surface area (Å²) >= 11 is 1.63. The second kappa shape index (κ2) is 6.28. The van der Waals surface area contributed by atoms with Crippen molar-refractivity contribution in [1.82, 2.24) is 15.3 Å². The van der Waals surface area contributed by atoms with E-state index in [2.05, 4.69) is 15.3 Å². The van der Waals surface area contributed by atoms with Gasteiger partial charge in [0.1, 0.15) is 0 Å². The van der Waals surface area contributed by atoms with Crippen LogP contribution in [-0.4, -0.2) is 15.9 Å². The Balaban J connectivity index is 1.65. The van der Waals surface area contributed by atoms with E-state index < -0.39 is 0 Å². The topological polar surface area (TPSA) is 54.9 Å². The molecule has 0 aliphatic heterocycles. The van der Waals surface area contributed by atoms with Crippen LogP contribution < -0.4 is 5.32 Å². The van der Waals surface area contributed by atoms with Gasteiger partial charge >= 0.3 is 0 Å². The molecule has 0 bridgehead atoms. The van der Waals surface area contributed by atoms with Gasteiger partial charge in [0.25, 0.3) is 5.91 Å². The van der Waals surface area contributed by atoms with Crippen LogP contribution in [0.2, 0.25) is 0 Å². The number of thiophene rings is 1. The molecule has 1 N–H and O–H groups in total. The molecule has 0 spiro atoms. The van der Waals surface area contributed by atoms with Crippen LogP contribution in [-0.2, 0) is 6.54 Å². The fourth-order valence-corrected chi connectivity index (χ4v) is 2.54. The SMILES string of the molecule is O=C(NCc1ccncc1)c1ccc(-c2ccsc2)nc1. The van der Waals surface area contributed by atoms with Crippen molar-refractivity contribution in [3.8, 4) is 11.3 Å². The number of nitrogens with zero attached hydrogens (tertiary/aromatic N) is 2. The minimum absolute atomic E-state index is 0.129. The fourth-order valence-electron chi connectivity index (χ4n) is 1.89. The molecule has 4 nitrogen and oxygen atoms in total. The summed E-state index contributed by atoms with van der Waals surface area (Å²) in [4.78, 5) is 20.3. The average Bonchev–Trinajstić information content (AvgIpc) is 3.08. The molecule has 0 aliphatic rings. The molecule has 1 amide bonds. The van der Waals surface area contributed by atoms with Crippen molar-refractivity contribution in [3.05, 3.63) is 70.8 Å². The fraction of sp³-hybridized carbons (Fsp3) is 0.0625. The zero-order chi connectivity index (χ0) is 14.5. The lowest BCUT2D eigenvalue weighted by Crippen LogP contribution is -2.22. The molecule has 0 saturated heterocycles. The Hall–Kier alpha value is -2.53. The van der Waals surface area contributed by atoms with Crippen LogP contribution >= 0.6 is 11.3 Å². The van der Waals surface area contributed by atoms with Crippen LogP contribution in [0, 0.1) is 0 Å². The van der Waals surface area contributed by atoms with Gasteiger partial charge in [-0.1, -0.05) is 0 Å². The lowest BCUT2D eigenvalue weighted by atomic mass is 10.2. The van der Waals surface area contributed by atoms with E-state index in [1.54, 1.807) is 36.0 Å². The highest BCUT2D eigenvalue weighted by molar-refractivity contribution is 7.08. The van der Waals surface area contributed by atoms with E-state index >= 15 is 0 Å². The number of amides is 1. The highest BCUT2D eigenvalue weighted by Gasteiger charge is 2.07. The molecule has 0 atom stereocenters. The molecular weight excluding hydrogens is 282 g/mol. The molecule has 3 heterocycles. The molecular formula is C16H13N3OS. The summed E-state index contributed by atoms with van der Waals surface area (Å²) in [5.74, 6) is -0.129. The van der Waals surface area contributed by atoms with E-state index in [4.69, 9.17) is 0 Å². The van der Waals surface area contributed by atoms with Crippen molar-refractivity contribution in [2.75, 3.05) is 0 Å². The first-order valence-electron chi connectivity index (χ1n) is 6.48. The minimum Gasteiger partial charge on any atom is -0.348 e. The van der Waals surface area contributed by atoms with Crippen molar-refractivity contribution in [2.24, 2.45) is 0 Å². The molecule has 3 rings (SSSR count). The summed E-state index contributed by atoms with van der Waals surface area (Å²) in [5.41, 5.74) is 3.52. The molecule has 0 radical (unpaired) electrons. The first-order valence-corrected chi connectivity index (χ1v) is 7.43. The molecule has 3 aromatic rings. The Morgan fingerprint density at radius 2 is 2.00 bits per heavy atom. The van der Waals surface area contributed by atoms with Crippen molar-refractivity contribution >= 4 is 17.2 Å². The number of aromatic nitrogens is 2. The van der Waals surface area contributed by atoms with Gasteiger partial charge in [0.05, 0.1) is 11.3 Å². The van der Waals surface area contributed by atoms with Gasteiger partial charge in [0.2, 0.25) is 0 Å². The Labute approximate surface area is 126 Å². The van der Waals surface area contributed by atoms with E-state index in [9.17, 15) is 4.79 Å². The summed E-state index contributed by atoms with van der Waals surface area (Å²) in [5, 5.41) is 6.90. The molecule has 21 heavy (non-hydrogen) atoms. The molecule has 0 unspecified atom stereocenters. The van der Waals surface area contributed by atoms with E-state index in [0.29, 0.717) is 12.1 Å². The zero-order valence-corrected chi connectivity index (χ0v) is 12.0. The van der Waals surface area contributed by atoms with Gasteiger partial charge in [-0.25, -0.2) is 0 Å². The maximum Gasteiger partial charge on any atom is 0.253 e. The second-order valence-corrected chi connectivity index (χ2v) is 5.26. The predicted molar refractivity (Wildman–Crippen MR) is 83.0 cm³/mol. The standard InChI is InChI=1S/C16H13N3OS/c20-16(19-9-12-3-6-17-7-4-12)13-1-2-15(18-10-13)14-5-8-21-11-14/h1-8,10-11H,9H2,(H,19,20). The van der Waals surface area contributed by atoms with Crippen molar-refractivity contribution in [1.29, 1.82) is 0 Å². The van der Waals surface area contributed by atoms with Gasteiger partial charge in [0, 0.05) is 36.1 Å². The zero-order valence-electron chi connectivity index (χ0n) is 11.2. The summed E-state index contributed by atoms with van der Waals surface area (Å²) < 4.78 is 0. The summed E-state index contributed by atoms with van der Waals surface area (Å²) in [7, 11) is 0. The van der Waals surface area contributed by atoms with E-state index in [1.165, 1.54) is 0 Å². The van der Waals surface area contributed by atoms with E-state index in [1.807, 2.05) is 35.0 Å². The molecule has 0 saturated carbocycles. The lowest BCUT2D eigenvalue weighted by Gasteiger charge is -2.05. The molecule has 0 aromatic carbocycles. The maximum absolute atomic E-state index is 12.1. The van der Waals surface area contributed by atoms with Gasteiger partial charge in [-0.2, -0.15) is 11.3 Å².